The minimum atomic E-state index is 0.757. The van der Waals surface area contributed by atoms with E-state index in [1.807, 2.05) is 24.3 Å². The van der Waals surface area contributed by atoms with Gasteiger partial charge in [0.2, 0.25) is 0 Å². The second-order valence-electron chi connectivity index (χ2n) is 3.88. The van der Waals surface area contributed by atoms with Gasteiger partial charge in [-0.15, -0.1) is 11.3 Å². The summed E-state index contributed by atoms with van der Waals surface area (Å²) in [6.07, 6.45) is 3.20. The Hall–Kier alpha value is -0.900. The summed E-state index contributed by atoms with van der Waals surface area (Å²) >= 11 is 7.57. The van der Waals surface area contributed by atoms with E-state index in [1.54, 1.807) is 11.3 Å². The summed E-state index contributed by atoms with van der Waals surface area (Å²) in [6, 6.07) is 7.79. The van der Waals surface area contributed by atoms with Crippen molar-refractivity contribution >= 4 is 22.9 Å². The van der Waals surface area contributed by atoms with Gasteiger partial charge < -0.3 is 5.73 Å². The largest absolute Gasteiger partial charge is 0.330 e. The molecule has 17 heavy (non-hydrogen) atoms. The number of benzene rings is 1. The minimum Gasteiger partial charge on any atom is -0.330 e. The van der Waals surface area contributed by atoms with Crippen molar-refractivity contribution in [2.45, 2.75) is 19.3 Å². The van der Waals surface area contributed by atoms with E-state index in [9.17, 15) is 0 Å². The summed E-state index contributed by atoms with van der Waals surface area (Å²) < 4.78 is 0. The van der Waals surface area contributed by atoms with Crippen molar-refractivity contribution < 1.29 is 0 Å². The van der Waals surface area contributed by atoms with Crippen LogP contribution >= 0.6 is 22.9 Å². The first-order chi connectivity index (χ1) is 8.29. The predicted octanol–water partition coefficient (Wildman–Crippen LogP) is 3.74. The Labute approximate surface area is 110 Å². The third-order valence-corrected chi connectivity index (χ3v) is 3.70. The number of aromatic nitrogens is 1. The summed E-state index contributed by atoms with van der Waals surface area (Å²) in [5, 5.41) is 4.04. The summed E-state index contributed by atoms with van der Waals surface area (Å²) in [5.41, 5.74) is 7.63. The van der Waals surface area contributed by atoms with Crippen LogP contribution in [0.3, 0.4) is 0 Å². The normalized spacial score (nSPS) is 10.7. The highest BCUT2D eigenvalue weighted by molar-refractivity contribution is 7.09. The lowest BCUT2D eigenvalue weighted by atomic mass is 10.2. The van der Waals surface area contributed by atoms with Crippen LogP contribution in [-0.4, -0.2) is 11.5 Å². The number of hydrogen-bond donors (Lipinski definition) is 1. The Bertz CT molecular complexity index is 465. The molecule has 1 aromatic heterocycles. The van der Waals surface area contributed by atoms with Gasteiger partial charge in [0.25, 0.3) is 0 Å². The van der Waals surface area contributed by atoms with Crippen LogP contribution in [0.25, 0.3) is 11.3 Å². The zero-order valence-electron chi connectivity index (χ0n) is 9.53. The SMILES string of the molecule is NCCCCc1nc(-c2ccc(Cl)cc2)cs1. The van der Waals surface area contributed by atoms with Crippen molar-refractivity contribution in [3.63, 3.8) is 0 Å². The Kier molecular flexibility index (Phi) is 4.54. The number of hydrogen-bond acceptors (Lipinski definition) is 3. The fraction of sp³-hybridized carbons (Fsp3) is 0.308. The predicted molar refractivity (Wildman–Crippen MR) is 74.6 cm³/mol. The summed E-state index contributed by atoms with van der Waals surface area (Å²) in [4.78, 5) is 4.62. The molecule has 90 valence electrons. The Balaban J connectivity index is 2.04. The maximum Gasteiger partial charge on any atom is 0.0932 e. The lowest BCUT2D eigenvalue weighted by Gasteiger charge is -1.97. The second-order valence-corrected chi connectivity index (χ2v) is 5.26. The highest BCUT2D eigenvalue weighted by Gasteiger charge is 2.04. The number of aryl methyl sites for hydroxylation is 1. The van der Waals surface area contributed by atoms with Crippen molar-refractivity contribution in [1.29, 1.82) is 0 Å². The molecule has 0 radical (unpaired) electrons. The van der Waals surface area contributed by atoms with Crippen LogP contribution in [0.2, 0.25) is 5.02 Å². The smallest absolute Gasteiger partial charge is 0.0932 e. The molecule has 2 N–H and O–H groups in total. The Morgan fingerprint density at radius 1 is 1.18 bits per heavy atom. The van der Waals surface area contributed by atoms with E-state index in [1.165, 1.54) is 5.01 Å². The number of nitrogens with zero attached hydrogens (tertiary/aromatic N) is 1. The van der Waals surface area contributed by atoms with Crippen LogP contribution in [0.1, 0.15) is 17.8 Å². The van der Waals surface area contributed by atoms with Crippen LogP contribution in [-0.2, 0) is 6.42 Å². The van der Waals surface area contributed by atoms with E-state index in [4.69, 9.17) is 17.3 Å². The topological polar surface area (TPSA) is 38.9 Å². The van der Waals surface area contributed by atoms with Gasteiger partial charge in [-0.3, -0.25) is 0 Å². The standard InChI is InChI=1S/C13H15ClN2S/c14-11-6-4-10(5-7-11)12-9-17-13(16-12)3-1-2-8-15/h4-7,9H,1-3,8,15H2. The Morgan fingerprint density at radius 2 is 1.94 bits per heavy atom. The van der Waals surface area contributed by atoms with Gasteiger partial charge in [0.1, 0.15) is 0 Å². The number of unbranched alkanes of at least 4 members (excludes halogenated alkanes) is 1. The molecule has 0 saturated heterocycles. The monoisotopic (exact) mass is 266 g/mol. The first kappa shape index (κ1) is 12.6. The highest BCUT2D eigenvalue weighted by atomic mass is 35.5. The van der Waals surface area contributed by atoms with Crippen LogP contribution in [0.5, 0.6) is 0 Å². The number of rotatable bonds is 5. The van der Waals surface area contributed by atoms with Gasteiger partial charge in [0.05, 0.1) is 10.7 Å². The molecule has 0 aliphatic rings. The van der Waals surface area contributed by atoms with E-state index in [2.05, 4.69) is 10.4 Å². The van der Waals surface area contributed by atoms with E-state index in [0.717, 1.165) is 42.1 Å². The van der Waals surface area contributed by atoms with Gasteiger partial charge in [0, 0.05) is 16.0 Å². The van der Waals surface area contributed by atoms with Crippen LogP contribution in [0.4, 0.5) is 0 Å². The molecule has 1 aromatic carbocycles. The van der Waals surface area contributed by atoms with Crippen LogP contribution < -0.4 is 5.73 Å². The van der Waals surface area contributed by atoms with Gasteiger partial charge in [-0.05, 0) is 37.9 Å². The van der Waals surface area contributed by atoms with Crippen LogP contribution in [0.15, 0.2) is 29.6 Å². The summed E-state index contributed by atoms with van der Waals surface area (Å²) in [5.74, 6) is 0. The van der Waals surface area contributed by atoms with Crippen molar-refractivity contribution in [1.82, 2.24) is 4.98 Å². The molecule has 1 heterocycles. The summed E-state index contributed by atoms with van der Waals surface area (Å²) in [6.45, 7) is 0.759. The van der Waals surface area contributed by atoms with Crippen molar-refractivity contribution in [3.8, 4) is 11.3 Å². The number of thiazole rings is 1. The van der Waals surface area contributed by atoms with Gasteiger partial charge in [0.15, 0.2) is 0 Å². The average molecular weight is 267 g/mol. The van der Waals surface area contributed by atoms with E-state index in [-0.39, 0.29) is 0 Å². The van der Waals surface area contributed by atoms with Gasteiger partial charge in [-0.1, -0.05) is 23.7 Å². The molecule has 4 heteroatoms. The average Bonchev–Trinajstić information content (AvgIpc) is 2.79. The molecule has 0 fully saturated rings. The number of nitrogens with two attached hydrogens (primary N) is 1. The molecular weight excluding hydrogens is 252 g/mol. The molecule has 0 saturated carbocycles. The zero-order chi connectivity index (χ0) is 12.1. The lowest BCUT2D eigenvalue weighted by molar-refractivity contribution is 0.742. The molecule has 2 nitrogen and oxygen atoms in total. The van der Waals surface area contributed by atoms with E-state index in [0.29, 0.717) is 0 Å². The lowest BCUT2D eigenvalue weighted by Crippen LogP contribution is -1.98. The van der Waals surface area contributed by atoms with Crippen molar-refractivity contribution in [3.05, 3.63) is 39.7 Å². The molecule has 2 rings (SSSR count). The fourth-order valence-corrected chi connectivity index (χ4v) is 2.58. The third kappa shape index (κ3) is 3.53. The molecule has 0 aliphatic heterocycles. The maximum absolute atomic E-state index is 5.86. The molecule has 2 aromatic rings. The molecule has 0 spiro atoms. The minimum absolute atomic E-state index is 0.757. The van der Waals surface area contributed by atoms with Crippen molar-refractivity contribution in [2.24, 2.45) is 5.73 Å². The first-order valence-electron chi connectivity index (χ1n) is 5.70. The molecule has 0 amide bonds. The van der Waals surface area contributed by atoms with E-state index < -0.39 is 0 Å². The zero-order valence-corrected chi connectivity index (χ0v) is 11.1. The molecule has 0 aliphatic carbocycles. The fourth-order valence-electron chi connectivity index (χ4n) is 1.60. The van der Waals surface area contributed by atoms with Gasteiger partial charge in [-0.2, -0.15) is 0 Å². The van der Waals surface area contributed by atoms with E-state index >= 15 is 0 Å². The first-order valence-corrected chi connectivity index (χ1v) is 6.96. The second kappa shape index (κ2) is 6.15. The maximum atomic E-state index is 5.86. The molecular formula is C13H15ClN2S. The molecule has 0 atom stereocenters. The molecule has 0 unspecified atom stereocenters. The Morgan fingerprint density at radius 3 is 2.65 bits per heavy atom. The molecule has 0 bridgehead atoms. The quantitative estimate of drug-likeness (QED) is 0.838. The van der Waals surface area contributed by atoms with Crippen molar-refractivity contribution in [2.75, 3.05) is 6.54 Å². The third-order valence-electron chi connectivity index (χ3n) is 2.54. The van der Waals surface area contributed by atoms with Gasteiger partial charge >= 0.3 is 0 Å². The van der Waals surface area contributed by atoms with Crippen LogP contribution in [0, 0.1) is 0 Å². The number of halogens is 1. The van der Waals surface area contributed by atoms with Gasteiger partial charge in [-0.25, -0.2) is 4.98 Å². The highest BCUT2D eigenvalue weighted by Crippen LogP contribution is 2.24. The summed E-state index contributed by atoms with van der Waals surface area (Å²) in [7, 11) is 0.